The average molecular weight is 343 g/mol. The van der Waals surface area contributed by atoms with Crippen molar-refractivity contribution in [2.24, 2.45) is 0 Å². The Morgan fingerprint density at radius 3 is 2.50 bits per heavy atom. The van der Waals surface area contributed by atoms with Gasteiger partial charge in [-0.1, -0.05) is 24.3 Å². The number of nitrogens with one attached hydrogen (secondary N) is 2. The van der Waals surface area contributed by atoms with Crippen molar-refractivity contribution in [2.45, 2.75) is 13.5 Å². The maximum atomic E-state index is 12.2. The van der Waals surface area contributed by atoms with Gasteiger partial charge in [0.2, 0.25) is 0 Å². The second kappa shape index (κ2) is 7.90. The van der Waals surface area contributed by atoms with Gasteiger partial charge in [-0.2, -0.15) is 5.26 Å². The summed E-state index contributed by atoms with van der Waals surface area (Å²) >= 11 is 0. The number of carbonyl (C=O) groups is 1. The Hall–Kier alpha value is -3.72. The molecule has 0 saturated heterocycles. The molecule has 6 nitrogen and oxygen atoms in total. The molecule has 26 heavy (non-hydrogen) atoms. The van der Waals surface area contributed by atoms with Gasteiger partial charge >= 0.3 is 0 Å². The van der Waals surface area contributed by atoms with Gasteiger partial charge < -0.3 is 10.6 Å². The van der Waals surface area contributed by atoms with Crippen LogP contribution in [0.25, 0.3) is 0 Å². The minimum Gasteiger partial charge on any atom is -0.365 e. The van der Waals surface area contributed by atoms with Crippen molar-refractivity contribution in [3.63, 3.8) is 0 Å². The van der Waals surface area contributed by atoms with Crippen molar-refractivity contribution >= 4 is 17.4 Å². The molecule has 1 amide bonds. The van der Waals surface area contributed by atoms with E-state index in [1.54, 1.807) is 24.3 Å². The molecule has 0 unspecified atom stereocenters. The van der Waals surface area contributed by atoms with Gasteiger partial charge in [0, 0.05) is 12.2 Å². The highest BCUT2D eigenvalue weighted by Crippen LogP contribution is 2.12. The van der Waals surface area contributed by atoms with Crippen LogP contribution in [0.15, 0.2) is 60.9 Å². The number of nitrogens with zero attached hydrogens (tertiary/aromatic N) is 3. The van der Waals surface area contributed by atoms with Crippen molar-refractivity contribution < 1.29 is 4.79 Å². The molecule has 128 valence electrons. The highest BCUT2D eigenvalue weighted by Gasteiger charge is 2.09. The van der Waals surface area contributed by atoms with Crippen LogP contribution in [-0.4, -0.2) is 15.9 Å². The zero-order valence-electron chi connectivity index (χ0n) is 14.2. The molecule has 6 heteroatoms. The summed E-state index contributed by atoms with van der Waals surface area (Å²) in [5, 5.41) is 14.7. The van der Waals surface area contributed by atoms with Gasteiger partial charge in [0.15, 0.2) is 0 Å². The van der Waals surface area contributed by atoms with E-state index < -0.39 is 0 Å². The van der Waals surface area contributed by atoms with Gasteiger partial charge in [-0.25, -0.2) is 9.97 Å². The Bertz CT molecular complexity index is 943. The number of rotatable bonds is 5. The zero-order chi connectivity index (χ0) is 18.4. The summed E-state index contributed by atoms with van der Waals surface area (Å²) in [6.45, 7) is 2.69. The Morgan fingerprint density at radius 1 is 1.08 bits per heavy atom. The summed E-state index contributed by atoms with van der Waals surface area (Å²) in [7, 11) is 0. The topological polar surface area (TPSA) is 90.7 Å². The molecule has 0 radical (unpaired) electrons. The minimum atomic E-state index is -0.354. The maximum Gasteiger partial charge on any atom is 0.275 e. The fraction of sp³-hybridized carbons (Fsp3) is 0.100. The summed E-state index contributed by atoms with van der Waals surface area (Å²) < 4.78 is 0. The molecule has 0 aliphatic carbocycles. The van der Waals surface area contributed by atoms with E-state index in [1.165, 1.54) is 23.5 Å². The van der Waals surface area contributed by atoms with Crippen LogP contribution in [0.2, 0.25) is 0 Å². The largest absolute Gasteiger partial charge is 0.365 e. The standard InChI is InChI=1S/C20H17N5O/c1-14-4-2-3-5-16(14)11-23-19-13-22-18(12-24-19)20(26)25-17-8-6-15(10-21)7-9-17/h2-9,12-13H,11H2,1H3,(H,23,24)(H,25,26). The average Bonchev–Trinajstić information content (AvgIpc) is 2.68. The van der Waals surface area contributed by atoms with E-state index in [0.29, 0.717) is 23.6 Å². The summed E-state index contributed by atoms with van der Waals surface area (Å²) in [5.41, 5.74) is 3.73. The predicted molar refractivity (Wildman–Crippen MR) is 99.6 cm³/mol. The molecule has 3 rings (SSSR count). The monoisotopic (exact) mass is 343 g/mol. The molecule has 0 spiro atoms. The van der Waals surface area contributed by atoms with E-state index in [9.17, 15) is 4.79 Å². The van der Waals surface area contributed by atoms with E-state index in [-0.39, 0.29) is 11.6 Å². The number of benzene rings is 2. The van der Waals surface area contributed by atoms with E-state index in [0.717, 1.165) is 0 Å². The molecule has 0 fully saturated rings. The first-order chi connectivity index (χ1) is 12.7. The molecular formula is C20H17N5O. The summed E-state index contributed by atoms with van der Waals surface area (Å²) in [5.74, 6) is 0.246. The number of nitriles is 1. The zero-order valence-corrected chi connectivity index (χ0v) is 14.2. The molecule has 2 aromatic carbocycles. The van der Waals surface area contributed by atoms with E-state index in [2.05, 4.69) is 39.7 Å². The molecule has 1 aromatic heterocycles. The predicted octanol–water partition coefficient (Wildman–Crippen LogP) is 3.52. The van der Waals surface area contributed by atoms with Crippen LogP contribution < -0.4 is 10.6 Å². The third kappa shape index (κ3) is 4.22. The number of aromatic nitrogens is 2. The normalized spacial score (nSPS) is 10.0. The molecule has 2 N–H and O–H groups in total. The van der Waals surface area contributed by atoms with Crippen LogP contribution in [-0.2, 0) is 6.54 Å². The Labute approximate surface area is 151 Å². The third-order valence-electron chi connectivity index (χ3n) is 3.88. The van der Waals surface area contributed by atoms with Crippen LogP contribution in [0.3, 0.4) is 0 Å². The lowest BCUT2D eigenvalue weighted by atomic mass is 10.1. The summed E-state index contributed by atoms with van der Waals surface area (Å²) in [6, 6.07) is 16.7. The van der Waals surface area contributed by atoms with Crippen molar-refractivity contribution in [2.75, 3.05) is 10.6 Å². The van der Waals surface area contributed by atoms with Crippen molar-refractivity contribution in [3.05, 3.63) is 83.3 Å². The smallest absolute Gasteiger partial charge is 0.275 e. The van der Waals surface area contributed by atoms with Gasteiger partial charge in [-0.15, -0.1) is 0 Å². The molecule has 0 saturated carbocycles. The van der Waals surface area contributed by atoms with Crippen molar-refractivity contribution in [1.82, 2.24) is 9.97 Å². The number of anilines is 2. The quantitative estimate of drug-likeness (QED) is 0.739. The second-order valence-corrected chi connectivity index (χ2v) is 5.71. The summed E-state index contributed by atoms with van der Waals surface area (Å²) in [4.78, 5) is 20.6. The highest BCUT2D eigenvalue weighted by molar-refractivity contribution is 6.02. The minimum absolute atomic E-state index is 0.218. The molecule has 3 aromatic rings. The lowest BCUT2D eigenvalue weighted by molar-refractivity contribution is 0.102. The van der Waals surface area contributed by atoms with E-state index >= 15 is 0 Å². The van der Waals surface area contributed by atoms with Crippen molar-refractivity contribution in [1.29, 1.82) is 5.26 Å². The Kier molecular flexibility index (Phi) is 5.20. The number of amides is 1. The van der Waals surface area contributed by atoms with Gasteiger partial charge in [0.25, 0.3) is 5.91 Å². The van der Waals surface area contributed by atoms with Gasteiger partial charge in [0.05, 0.1) is 24.0 Å². The van der Waals surface area contributed by atoms with E-state index in [4.69, 9.17) is 5.26 Å². The number of hydrogen-bond donors (Lipinski definition) is 2. The van der Waals surface area contributed by atoms with Crippen LogP contribution in [0, 0.1) is 18.3 Å². The fourth-order valence-electron chi connectivity index (χ4n) is 2.35. The number of carbonyl (C=O) groups excluding carboxylic acids is 1. The van der Waals surface area contributed by atoms with E-state index in [1.807, 2.05) is 18.2 Å². The lowest BCUT2D eigenvalue weighted by Gasteiger charge is -2.08. The molecule has 1 heterocycles. The SMILES string of the molecule is Cc1ccccc1CNc1cnc(C(=O)Nc2ccc(C#N)cc2)cn1. The van der Waals surface area contributed by atoms with Crippen LogP contribution in [0.4, 0.5) is 11.5 Å². The fourth-order valence-corrected chi connectivity index (χ4v) is 2.35. The third-order valence-corrected chi connectivity index (χ3v) is 3.88. The van der Waals surface area contributed by atoms with Crippen LogP contribution in [0.1, 0.15) is 27.2 Å². The molecule has 0 aliphatic heterocycles. The number of hydrogen-bond acceptors (Lipinski definition) is 5. The van der Waals surface area contributed by atoms with Crippen molar-refractivity contribution in [3.8, 4) is 6.07 Å². The lowest BCUT2D eigenvalue weighted by Crippen LogP contribution is -2.14. The molecule has 0 aliphatic rings. The van der Waals surface area contributed by atoms with Crippen LogP contribution in [0.5, 0.6) is 0 Å². The van der Waals surface area contributed by atoms with Gasteiger partial charge in [-0.3, -0.25) is 4.79 Å². The highest BCUT2D eigenvalue weighted by atomic mass is 16.1. The van der Waals surface area contributed by atoms with Gasteiger partial charge in [-0.05, 0) is 42.3 Å². The molecular weight excluding hydrogens is 326 g/mol. The van der Waals surface area contributed by atoms with Gasteiger partial charge in [0.1, 0.15) is 11.5 Å². The number of aryl methyl sites for hydroxylation is 1. The summed E-state index contributed by atoms with van der Waals surface area (Å²) in [6.07, 6.45) is 2.96. The first-order valence-electron chi connectivity index (χ1n) is 8.07. The molecule has 0 bridgehead atoms. The Balaban J connectivity index is 1.60. The first kappa shape index (κ1) is 17.1. The Morgan fingerprint density at radius 2 is 1.85 bits per heavy atom. The maximum absolute atomic E-state index is 12.2. The second-order valence-electron chi connectivity index (χ2n) is 5.71. The first-order valence-corrected chi connectivity index (χ1v) is 8.07. The molecule has 0 atom stereocenters. The van der Waals surface area contributed by atoms with Crippen LogP contribution >= 0.6 is 0 Å².